The lowest BCUT2D eigenvalue weighted by Gasteiger charge is -2.28. The van der Waals surface area contributed by atoms with E-state index in [9.17, 15) is 22.4 Å². The van der Waals surface area contributed by atoms with Crippen molar-refractivity contribution in [1.82, 2.24) is 10.2 Å². The van der Waals surface area contributed by atoms with Gasteiger partial charge >= 0.3 is 0 Å². The first-order valence-corrected chi connectivity index (χ1v) is 13.9. The smallest absolute Gasteiger partial charge is 0.290 e. The van der Waals surface area contributed by atoms with Gasteiger partial charge in [0.25, 0.3) is 12.4 Å². The third kappa shape index (κ3) is 8.28. The number of nitrogens with zero attached hydrogens (tertiary/aromatic N) is 1. The van der Waals surface area contributed by atoms with Crippen molar-refractivity contribution >= 4 is 18.0 Å². The molecule has 3 aromatic rings. The number of carbonyl (C=O) groups is 2. The van der Waals surface area contributed by atoms with Gasteiger partial charge in [0.05, 0.1) is 7.11 Å². The molecule has 1 aliphatic heterocycles. The minimum absolute atomic E-state index is 0.00311. The van der Waals surface area contributed by atoms with E-state index in [4.69, 9.17) is 24.1 Å². The van der Waals surface area contributed by atoms with Crippen LogP contribution in [0.15, 0.2) is 60.2 Å². The maximum Gasteiger partial charge on any atom is 0.290 e. The number of hydrogen-bond donors (Lipinski definition) is 2. The fourth-order valence-electron chi connectivity index (χ4n) is 4.84. The molecule has 3 aromatic carbocycles. The molecule has 1 fully saturated rings. The fourth-order valence-corrected chi connectivity index (χ4v) is 4.84. The van der Waals surface area contributed by atoms with Gasteiger partial charge in [-0.05, 0) is 67.3 Å². The largest absolute Gasteiger partial charge is 0.497 e. The van der Waals surface area contributed by atoms with Crippen molar-refractivity contribution in [2.24, 2.45) is 0 Å². The molecule has 0 unspecified atom stereocenters. The topological polar surface area (TPSA) is 97.3 Å². The number of halogens is 4. The van der Waals surface area contributed by atoms with Crippen molar-refractivity contribution in [3.8, 4) is 17.2 Å². The van der Waals surface area contributed by atoms with Gasteiger partial charge in [-0.25, -0.2) is 17.6 Å². The molecule has 1 amide bonds. The van der Waals surface area contributed by atoms with Gasteiger partial charge in [0, 0.05) is 42.4 Å². The molecule has 1 saturated carbocycles. The second-order valence-corrected chi connectivity index (χ2v) is 10.0. The van der Waals surface area contributed by atoms with Crippen LogP contribution in [0.3, 0.4) is 0 Å². The number of benzene rings is 3. The average Bonchev–Trinajstić information content (AvgIpc) is 3.86. The summed E-state index contributed by atoms with van der Waals surface area (Å²) in [4.78, 5) is 23.9. The standard InChI is InChI=1S/C31H30F4N2O4.CH2O2/c1-39-24-8-9-27(33)20(14-24)18-37(22-4-5-22)31(38)26-17-36-11-10-25(26)19-2-6-23(7-3-19)40-12-13-41-30-28(34)15-21(32)16-29(30)35;2-1-3/h2-3,6-9,14-16,22,36H,4-5,10-13,17-18H2,1H3;1H,(H,2,3). The summed E-state index contributed by atoms with van der Waals surface area (Å²) in [6, 6.07) is 12.9. The molecular weight excluding hydrogens is 584 g/mol. The highest BCUT2D eigenvalue weighted by Crippen LogP contribution is 2.34. The summed E-state index contributed by atoms with van der Waals surface area (Å²) in [6.45, 7) is 0.880. The predicted molar refractivity (Wildman–Crippen MR) is 153 cm³/mol. The molecule has 0 bridgehead atoms. The van der Waals surface area contributed by atoms with E-state index in [1.54, 1.807) is 29.2 Å². The summed E-state index contributed by atoms with van der Waals surface area (Å²) in [6.07, 6.45) is 2.41. The minimum atomic E-state index is -1.12. The third-order valence-electron chi connectivity index (χ3n) is 7.08. The molecule has 8 nitrogen and oxygen atoms in total. The SMILES string of the molecule is COc1ccc(F)c(CN(C(=O)C2=C(c3ccc(OCCOc4c(F)cc(F)cc4F)cc3)CCNC2)C2CC2)c1.O=CO. The zero-order chi connectivity index (χ0) is 31.6. The zero-order valence-corrected chi connectivity index (χ0v) is 24.0. The van der Waals surface area contributed by atoms with Gasteiger partial charge in [-0.2, -0.15) is 0 Å². The van der Waals surface area contributed by atoms with Crippen molar-refractivity contribution < 1.29 is 46.5 Å². The number of methoxy groups -OCH3 is 1. The van der Waals surface area contributed by atoms with Crippen LogP contribution >= 0.6 is 0 Å². The monoisotopic (exact) mass is 616 g/mol. The number of nitrogens with one attached hydrogen (secondary N) is 1. The number of carbonyl (C=O) groups excluding carboxylic acids is 1. The Morgan fingerprint density at radius 3 is 2.23 bits per heavy atom. The van der Waals surface area contributed by atoms with Crippen LogP contribution in [0.5, 0.6) is 17.2 Å². The van der Waals surface area contributed by atoms with E-state index in [-0.39, 0.29) is 44.0 Å². The summed E-state index contributed by atoms with van der Waals surface area (Å²) >= 11 is 0. The minimum Gasteiger partial charge on any atom is -0.497 e. The Bertz CT molecular complexity index is 1470. The van der Waals surface area contributed by atoms with Crippen LogP contribution in [0.2, 0.25) is 0 Å². The molecule has 44 heavy (non-hydrogen) atoms. The molecule has 0 spiro atoms. The van der Waals surface area contributed by atoms with Crippen LogP contribution in [0.4, 0.5) is 17.6 Å². The lowest BCUT2D eigenvalue weighted by atomic mass is 9.93. The first-order chi connectivity index (χ1) is 21.2. The molecule has 2 N–H and O–H groups in total. The van der Waals surface area contributed by atoms with Gasteiger partial charge in [0.15, 0.2) is 17.4 Å². The van der Waals surface area contributed by atoms with Crippen molar-refractivity contribution in [3.05, 3.63) is 94.6 Å². The molecule has 5 rings (SSSR count). The molecule has 1 heterocycles. The van der Waals surface area contributed by atoms with Crippen LogP contribution in [0.1, 0.15) is 30.4 Å². The summed E-state index contributed by atoms with van der Waals surface area (Å²) in [5, 5.41) is 10.2. The van der Waals surface area contributed by atoms with E-state index in [2.05, 4.69) is 5.32 Å². The number of ether oxygens (including phenoxy) is 3. The molecular formula is C32H32F4N2O6. The molecule has 0 radical (unpaired) electrons. The van der Waals surface area contributed by atoms with E-state index >= 15 is 0 Å². The summed E-state index contributed by atoms with van der Waals surface area (Å²) in [7, 11) is 1.52. The summed E-state index contributed by atoms with van der Waals surface area (Å²) in [5.74, 6) is -3.38. The molecule has 0 aromatic heterocycles. The van der Waals surface area contributed by atoms with Crippen molar-refractivity contribution in [3.63, 3.8) is 0 Å². The van der Waals surface area contributed by atoms with Crippen molar-refractivity contribution in [2.45, 2.75) is 31.8 Å². The molecule has 12 heteroatoms. The fraction of sp³-hybridized carbons (Fsp3) is 0.312. The third-order valence-corrected chi connectivity index (χ3v) is 7.08. The van der Waals surface area contributed by atoms with E-state index in [0.717, 1.165) is 24.0 Å². The maximum absolute atomic E-state index is 14.6. The second-order valence-electron chi connectivity index (χ2n) is 10.0. The predicted octanol–water partition coefficient (Wildman–Crippen LogP) is 5.35. The second kappa shape index (κ2) is 15.2. The molecule has 2 aliphatic rings. The molecule has 0 saturated heterocycles. The average molecular weight is 617 g/mol. The van der Waals surface area contributed by atoms with E-state index in [1.165, 1.54) is 13.2 Å². The van der Waals surface area contributed by atoms with Crippen molar-refractivity contribution in [2.75, 3.05) is 33.4 Å². The lowest BCUT2D eigenvalue weighted by molar-refractivity contribution is -0.128. The summed E-state index contributed by atoms with van der Waals surface area (Å²) < 4.78 is 71.1. The van der Waals surface area contributed by atoms with Gasteiger partial charge < -0.3 is 29.5 Å². The van der Waals surface area contributed by atoms with Crippen LogP contribution < -0.4 is 19.5 Å². The normalized spacial score (nSPS) is 14.3. The molecule has 1 aliphatic carbocycles. The van der Waals surface area contributed by atoms with E-state index in [0.29, 0.717) is 54.3 Å². The summed E-state index contributed by atoms with van der Waals surface area (Å²) in [5.41, 5.74) is 2.85. The van der Waals surface area contributed by atoms with Crippen LogP contribution in [0, 0.1) is 23.3 Å². The Labute approximate surface area is 251 Å². The van der Waals surface area contributed by atoms with E-state index < -0.39 is 23.2 Å². The first kappa shape index (κ1) is 32.3. The number of carboxylic acid groups (broad SMARTS) is 1. The molecule has 0 atom stereocenters. The number of hydrogen-bond acceptors (Lipinski definition) is 6. The van der Waals surface area contributed by atoms with Gasteiger partial charge in [0.2, 0.25) is 0 Å². The van der Waals surface area contributed by atoms with E-state index in [1.807, 2.05) is 12.1 Å². The van der Waals surface area contributed by atoms with Gasteiger partial charge in [0.1, 0.15) is 36.3 Å². The van der Waals surface area contributed by atoms with Crippen LogP contribution in [0.25, 0.3) is 5.57 Å². The zero-order valence-electron chi connectivity index (χ0n) is 24.0. The quantitative estimate of drug-likeness (QED) is 0.170. The number of amides is 1. The van der Waals surface area contributed by atoms with Gasteiger partial charge in [-0.3, -0.25) is 9.59 Å². The maximum atomic E-state index is 14.6. The number of rotatable bonds is 11. The Balaban J connectivity index is 0.00000141. The van der Waals surface area contributed by atoms with Gasteiger partial charge in [-0.15, -0.1) is 0 Å². The molecule has 234 valence electrons. The van der Waals surface area contributed by atoms with Crippen LogP contribution in [-0.2, 0) is 16.1 Å². The Hall–Kier alpha value is -4.58. The Morgan fingerprint density at radius 1 is 0.955 bits per heavy atom. The Morgan fingerprint density at radius 2 is 1.59 bits per heavy atom. The Kier molecular flexibility index (Phi) is 11.2. The lowest BCUT2D eigenvalue weighted by Crippen LogP contribution is -2.39. The highest BCUT2D eigenvalue weighted by molar-refractivity contribution is 6.02. The van der Waals surface area contributed by atoms with Crippen LogP contribution in [-0.4, -0.2) is 61.8 Å². The van der Waals surface area contributed by atoms with Gasteiger partial charge in [-0.1, -0.05) is 12.1 Å². The first-order valence-electron chi connectivity index (χ1n) is 13.9. The highest BCUT2D eigenvalue weighted by atomic mass is 19.1. The highest BCUT2D eigenvalue weighted by Gasteiger charge is 2.36. The van der Waals surface area contributed by atoms with Crippen molar-refractivity contribution in [1.29, 1.82) is 0 Å².